The molecule has 0 spiro atoms. The number of aromatic amines is 1. The van der Waals surface area contributed by atoms with Crippen LogP contribution in [0.25, 0.3) is 11.0 Å². The van der Waals surface area contributed by atoms with Crippen LogP contribution in [0.1, 0.15) is 11.3 Å². The number of allylic oxidation sites excluding steroid dienone is 1. The van der Waals surface area contributed by atoms with E-state index in [9.17, 15) is 4.55 Å². The van der Waals surface area contributed by atoms with Crippen LogP contribution >= 0.6 is 0 Å². The number of ether oxygens (including phenoxy) is 3. The first-order chi connectivity index (χ1) is 13.7. The summed E-state index contributed by atoms with van der Waals surface area (Å²) in [6.07, 6.45) is 5.26. The molecule has 7 nitrogen and oxygen atoms in total. The molecule has 2 aromatic heterocycles. The van der Waals surface area contributed by atoms with Gasteiger partial charge >= 0.3 is 40.7 Å². The molecule has 0 radical (unpaired) electrons. The average Bonchev–Trinajstić information content (AvgIpc) is 3.16. The fourth-order valence-electron chi connectivity index (χ4n) is 2.79. The van der Waals surface area contributed by atoms with E-state index in [0.29, 0.717) is 34.9 Å². The van der Waals surface area contributed by atoms with Gasteiger partial charge in [-0.05, 0) is 37.3 Å². The molecule has 29 heavy (non-hydrogen) atoms. The molecule has 1 atom stereocenters. The first-order valence-corrected chi connectivity index (χ1v) is 10.0. The zero-order valence-electron chi connectivity index (χ0n) is 15.5. The number of methoxy groups -OCH3 is 1. The number of para-hydroxylation sites is 2. The predicted molar refractivity (Wildman–Crippen MR) is 112 cm³/mol. The molecule has 0 saturated heterocycles. The third kappa shape index (κ3) is 4.79. The quantitative estimate of drug-likeness (QED) is 0.486. The van der Waals surface area contributed by atoms with Gasteiger partial charge in [-0.2, -0.15) is 4.98 Å². The fraction of sp³-hybridized carbons (Fsp3) is 0.200. The van der Waals surface area contributed by atoms with E-state index in [1.54, 1.807) is 25.4 Å². The molecule has 0 aliphatic carbocycles. The molecule has 0 bridgehead atoms. The van der Waals surface area contributed by atoms with Gasteiger partial charge in [0.2, 0.25) is 0 Å². The number of H-pyrrole nitrogens is 1. The summed E-state index contributed by atoms with van der Waals surface area (Å²) in [6.45, 7) is 2.29. The summed E-state index contributed by atoms with van der Waals surface area (Å²) in [7, 11) is 1.55. The molecule has 3 heterocycles. The second kappa shape index (κ2) is 9.69. The maximum atomic E-state index is 12.8. The van der Waals surface area contributed by atoms with Crippen LogP contribution in [0.4, 0.5) is 0 Å². The van der Waals surface area contributed by atoms with Gasteiger partial charge in [0.1, 0.15) is 12.4 Å². The van der Waals surface area contributed by atoms with Crippen LogP contribution in [0.15, 0.2) is 65.5 Å². The number of hydrogen-bond acceptors (Lipinski definition) is 6. The van der Waals surface area contributed by atoms with E-state index in [1.807, 2.05) is 37.3 Å². The fourth-order valence-corrected chi connectivity index (χ4v) is 3.89. The standard InChI is InChI=1S/C20H19N3O4S.Na.H/c1-13-16(12-28(24)20-22-14-6-3-4-7-15(14)23-20)21-10-9-17(13)27-19-18(25-2)8-5-11-26-19;;/h3-10H,11-12H2,1-2H3,(H,22,23);;. The molecule has 1 aromatic carbocycles. The van der Waals surface area contributed by atoms with Crippen molar-refractivity contribution in [1.82, 2.24) is 15.0 Å². The Balaban J connectivity index is 0.00000240. The van der Waals surface area contributed by atoms with Gasteiger partial charge in [-0.3, -0.25) is 9.97 Å². The summed E-state index contributed by atoms with van der Waals surface area (Å²) in [5.74, 6) is 1.60. The zero-order chi connectivity index (χ0) is 19.5. The van der Waals surface area contributed by atoms with Gasteiger partial charge in [-0.15, -0.1) is 0 Å². The molecule has 1 aliphatic rings. The van der Waals surface area contributed by atoms with Crippen LogP contribution < -0.4 is 4.74 Å². The topological polar surface area (TPSA) is 92.3 Å². The van der Waals surface area contributed by atoms with E-state index in [4.69, 9.17) is 14.2 Å². The van der Waals surface area contributed by atoms with E-state index in [2.05, 4.69) is 15.0 Å². The van der Waals surface area contributed by atoms with Crippen molar-refractivity contribution in [2.45, 2.75) is 17.8 Å². The van der Waals surface area contributed by atoms with E-state index < -0.39 is 11.2 Å². The average molecular weight is 421 g/mol. The number of nitrogens with zero attached hydrogens (tertiary/aromatic N) is 2. The van der Waals surface area contributed by atoms with Crippen molar-refractivity contribution in [2.75, 3.05) is 13.7 Å². The normalized spacial score (nSPS) is 14.3. The monoisotopic (exact) mass is 421 g/mol. The molecule has 9 heteroatoms. The van der Waals surface area contributed by atoms with Gasteiger partial charge in [0.25, 0.3) is 0 Å². The number of pyridine rings is 1. The molecular formula is C20H20N3NaO4S. The van der Waals surface area contributed by atoms with Gasteiger partial charge in [-0.1, -0.05) is 12.1 Å². The Morgan fingerprint density at radius 3 is 2.90 bits per heavy atom. The molecule has 1 unspecified atom stereocenters. The second-order valence-corrected chi connectivity index (χ2v) is 7.47. The number of aromatic nitrogens is 3. The van der Waals surface area contributed by atoms with Gasteiger partial charge in [-0.25, -0.2) is 0 Å². The SMILES string of the molecule is COC1=C(Oc2ccnc(C[S+]([O-])c3nc4ccccc4[nH]3)c2C)OCC=C1.[NaH]. The number of nitrogens with one attached hydrogen (secondary N) is 1. The van der Waals surface area contributed by atoms with Crippen molar-refractivity contribution in [3.63, 3.8) is 0 Å². The van der Waals surface area contributed by atoms with Gasteiger partial charge in [0.15, 0.2) is 11.5 Å². The molecule has 1 N–H and O–H groups in total. The minimum absolute atomic E-state index is 0. The Labute approximate surface area is 193 Å². The minimum atomic E-state index is -1.36. The zero-order valence-corrected chi connectivity index (χ0v) is 16.3. The van der Waals surface area contributed by atoms with E-state index in [1.165, 1.54) is 0 Å². The number of imidazole rings is 1. The molecule has 146 valence electrons. The molecular weight excluding hydrogens is 401 g/mol. The van der Waals surface area contributed by atoms with Crippen molar-refractivity contribution in [1.29, 1.82) is 0 Å². The van der Waals surface area contributed by atoms with Crippen LogP contribution in [0.3, 0.4) is 0 Å². The Morgan fingerprint density at radius 2 is 2.10 bits per heavy atom. The Bertz CT molecular complexity index is 1030. The first kappa shape index (κ1) is 21.7. The van der Waals surface area contributed by atoms with Crippen molar-refractivity contribution >= 4 is 51.8 Å². The summed E-state index contributed by atoms with van der Waals surface area (Å²) in [6, 6.07) is 9.33. The molecule has 0 amide bonds. The van der Waals surface area contributed by atoms with E-state index in [-0.39, 0.29) is 35.3 Å². The van der Waals surface area contributed by atoms with Crippen LogP contribution in [-0.4, -0.2) is 62.8 Å². The number of benzene rings is 1. The van der Waals surface area contributed by atoms with Crippen LogP contribution in [0.5, 0.6) is 5.75 Å². The number of fused-ring (bicyclic) bond motifs is 1. The number of rotatable bonds is 6. The van der Waals surface area contributed by atoms with E-state index >= 15 is 0 Å². The predicted octanol–water partition coefficient (Wildman–Crippen LogP) is 2.71. The van der Waals surface area contributed by atoms with Gasteiger partial charge < -0.3 is 18.8 Å². The summed E-state index contributed by atoms with van der Waals surface area (Å²) in [4.78, 5) is 11.9. The van der Waals surface area contributed by atoms with Crippen LogP contribution in [0, 0.1) is 6.92 Å². The molecule has 0 saturated carbocycles. The summed E-state index contributed by atoms with van der Waals surface area (Å²) in [5.41, 5.74) is 3.10. The van der Waals surface area contributed by atoms with Crippen molar-refractivity contribution in [3.8, 4) is 5.75 Å². The second-order valence-electron chi connectivity index (χ2n) is 6.10. The van der Waals surface area contributed by atoms with Crippen molar-refractivity contribution in [2.24, 2.45) is 0 Å². The van der Waals surface area contributed by atoms with Crippen molar-refractivity contribution in [3.05, 3.63) is 71.6 Å². The Morgan fingerprint density at radius 1 is 1.28 bits per heavy atom. The third-order valence-electron chi connectivity index (χ3n) is 4.31. The summed E-state index contributed by atoms with van der Waals surface area (Å²) >= 11 is -1.36. The van der Waals surface area contributed by atoms with E-state index in [0.717, 1.165) is 16.6 Å². The Kier molecular flexibility index (Phi) is 7.26. The summed E-state index contributed by atoms with van der Waals surface area (Å²) < 4.78 is 29.5. The molecule has 4 rings (SSSR count). The van der Waals surface area contributed by atoms with Gasteiger partial charge in [0, 0.05) is 22.9 Å². The van der Waals surface area contributed by atoms with Crippen LogP contribution in [-0.2, 0) is 26.4 Å². The number of hydrogen-bond donors (Lipinski definition) is 1. The first-order valence-electron chi connectivity index (χ1n) is 8.69. The summed E-state index contributed by atoms with van der Waals surface area (Å²) in [5, 5.41) is 0.429. The van der Waals surface area contributed by atoms with Crippen molar-refractivity contribution < 1.29 is 18.8 Å². The molecule has 0 fully saturated rings. The van der Waals surface area contributed by atoms with Crippen LogP contribution in [0.2, 0.25) is 0 Å². The Hall–Kier alpha value is -1.97. The maximum absolute atomic E-state index is 12.8. The third-order valence-corrected chi connectivity index (χ3v) is 5.47. The molecule has 1 aliphatic heterocycles. The van der Waals surface area contributed by atoms with Gasteiger partial charge in [0.05, 0.1) is 23.8 Å². The molecule has 3 aromatic rings.